The number of carbonyl (C=O) groups excluding carboxylic acids is 1. The van der Waals surface area contributed by atoms with Gasteiger partial charge in [-0.25, -0.2) is 0 Å². The molecule has 1 aromatic carbocycles. The number of ketones is 1. The number of Topliss-reactive ketones (excluding diaryl/α,β-unsaturated/α-hetero) is 1. The molecule has 114 valence electrons. The lowest BCUT2D eigenvalue weighted by molar-refractivity contribution is -0.384. The topological polar surface area (TPSA) is 72.2 Å². The van der Waals surface area contributed by atoms with Gasteiger partial charge < -0.3 is 5.32 Å². The van der Waals surface area contributed by atoms with Crippen molar-refractivity contribution in [2.45, 2.75) is 19.0 Å². The molecule has 1 N–H and O–H groups in total. The lowest BCUT2D eigenvalue weighted by Crippen LogP contribution is -2.34. The summed E-state index contributed by atoms with van der Waals surface area (Å²) in [4.78, 5) is 21.4. The maximum atomic E-state index is 12.5. The summed E-state index contributed by atoms with van der Waals surface area (Å²) in [5, 5.41) is 13.5. The second kappa shape index (κ2) is 5.51. The quantitative estimate of drug-likeness (QED) is 0.669. The molecule has 1 unspecified atom stereocenters. The average molecular weight is 323 g/mol. The molecule has 1 aromatic rings. The number of anilines is 1. The zero-order chi connectivity index (χ0) is 15.8. The molecule has 1 aliphatic heterocycles. The first-order valence-corrected chi connectivity index (χ1v) is 6.39. The fourth-order valence-electron chi connectivity index (χ4n) is 2.25. The van der Waals surface area contributed by atoms with Crippen molar-refractivity contribution < 1.29 is 22.9 Å². The Labute approximate surface area is 122 Å². The van der Waals surface area contributed by atoms with E-state index in [1.807, 2.05) is 0 Å². The molecule has 0 radical (unpaired) electrons. The highest BCUT2D eigenvalue weighted by molar-refractivity contribution is 6.32. The summed E-state index contributed by atoms with van der Waals surface area (Å²) in [6, 6.07) is 2.36. The highest BCUT2D eigenvalue weighted by atomic mass is 35.5. The van der Waals surface area contributed by atoms with Crippen molar-refractivity contribution in [3.8, 4) is 0 Å². The summed E-state index contributed by atoms with van der Waals surface area (Å²) < 4.78 is 37.4. The normalized spacial score (nSPS) is 18.4. The molecule has 0 fully saturated rings. The van der Waals surface area contributed by atoms with E-state index in [4.69, 9.17) is 11.6 Å². The van der Waals surface area contributed by atoms with Gasteiger partial charge in [0, 0.05) is 30.3 Å². The Morgan fingerprint density at radius 2 is 2.10 bits per heavy atom. The van der Waals surface area contributed by atoms with Crippen molar-refractivity contribution in [3.05, 3.63) is 32.8 Å². The van der Waals surface area contributed by atoms with Gasteiger partial charge in [0.2, 0.25) is 5.78 Å². The Bertz CT molecular complexity index is 604. The minimum atomic E-state index is -4.89. The molecule has 0 aliphatic carbocycles. The number of hydrogen-bond donors (Lipinski definition) is 1. The van der Waals surface area contributed by atoms with Crippen LogP contribution in [0.4, 0.5) is 24.5 Å². The van der Waals surface area contributed by atoms with Crippen molar-refractivity contribution in [1.29, 1.82) is 0 Å². The van der Waals surface area contributed by atoms with Gasteiger partial charge in [-0.3, -0.25) is 14.9 Å². The second-order valence-corrected chi connectivity index (χ2v) is 5.10. The third-order valence-corrected chi connectivity index (χ3v) is 3.66. The molecule has 0 bridgehead atoms. The van der Waals surface area contributed by atoms with E-state index in [1.165, 1.54) is 6.07 Å². The number of nitrogens with one attached hydrogen (secondary N) is 1. The highest BCUT2D eigenvalue weighted by Crippen LogP contribution is 2.35. The molecule has 0 saturated carbocycles. The van der Waals surface area contributed by atoms with Crippen LogP contribution in [0, 0.1) is 16.0 Å². The number of halogens is 4. The van der Waals surface area contributed by atoms with Crippen molar-refractivity contribution >= 4 is 28.8 Å². The van der Waals surface area contributed by atoms with Gasteiger partial charge in [0.1, 0.15) is 0 Å². The number of hydrogen-bond acceptors (Lipinski definition) is 4. The minimum absolute atomic E-state index is 0.0180. The van der Waals surface area contributed by atoms with E-state index in [2.05, 4.69) is 5.32 Å². The summed E-state index contributed by atoms with van der Waals surface area (Å²) in [6.45, 7) is -0.233. The summed E-state index contributed by atoms with van der Waals surface area (Å²) in [5.74, 6) is -3.03. The second-order valence-electron chi connectivity index (χ2n) is 4.69. The molecule has 1 aliphatic rings. The first-order valence-electron chi connectivity index (χ1n) is 6.02. The molecule has 9 heteroatoms. The van der Waals surface area contributed by atoms with Crippen LogP contribution in [0.25, 0.3) is 0 Å². The standard InChI is InChI=1S/C12H10ClF3N2O3/c13-9-3-7(18(20)21)4-10-8(9)2-1-6(5-17-10)11(19)12(14,15)16/h3-4,6,17H,1-2,5H2. The zero-order valence-corrected chi connectivity index (χ0v) is 11.3. The highest BCUT2D eigenvalue weighted by Gasteiger charge is 2.43. The molecule has 0 aromatic heterocycles. The molecule has 0 saturated heterocycles. The van der Waals surface area contributed by atoms with Gasteiger partial charge in [-0.2, -0.15) is 13.2 Å². The van der Waals surface area contributed by atoms with E-state index in [0.29, 0.717) is 11.3 Å². The monoisotopic (exact) mass is 322 g/mol. The van der Waals surface area contributed by atoms with Crippen LogP contribution in [0.2, 0.25) is 5.02 Å². The fourth-order valence-corrected chi connectivity index (χ4v) is 2.56. The number of nitro groups is 1. The number of nitro benzene ring substituents is 1. The Morgan fingerprint density at radius 3 is 2.67 bits per heavy atom. The van der Waals surface area contributed by atoms with Crippen LogP contribution in [0.3, 0.4) is 0 Å². The van der Waals surface area contributed by atoms with E-state index in [-0.39, 0.29) is 30.1 Å². The summed E-state index contributed by atoms with van der Waals surface area (Å²) in [5.41, 5.74) is 0.526. The molecule has 0 spiro atoms. The minimum Gasteiger partial charge on any atom is -0.384 e. The lowest BCUT2D eigenvalue weighted by Gasteiger charge is -2.15. The van der Waals surface area contributed by atoms with Crippen LogP contribution in [0.1, 0.15) is 12.0 Å². The van der Waals surface area contributed by atoms with Crippen LogP contribution in [0.15, 0.2) is 12.1 Å². The smallest absolute Gasteiger partial charge is 0.384 e. The predicted molar refractivity (Wildman–Crippen MR) is 69.5 cm³/mol. The molecule has 0 amide bonds. The van der Waals surface area contributed by atoms with E-state index < -0.39 is 22.8 Å². The Balaban J connectivity index is 2.27. The van der Waals surface area contributed by atoms with Gasteiger partial charge in [0.05, 0.1) is 9.95 Å². The van der Waals surface area contributed by atoms with Crippen molar-refractivity contribution in [1.82, 2.24) is 0 Å². The molecule has 2 rings (SSSR count). The van der Waals surface area contributed by atoms with Gasteiger partial charge in [-0.05, 0) is 18.4 Å². The number of non-ortho nitro benzene ring substituents is 1. The molecular weight excluding hydrogens is 313 g/mol. The number of alkyl halides is 3. The van der Waals surface area contributed by atoms with E-state index in [1.54, 1.807) is 0 Å². The predicted octanol–water partition coefficient (Wildman–Crippen LogP) is 3.35. The Morgan fingerprint density at radius 1 is 1.43 bits per heavy atom. The van der Waals surface area contributed by atoms with Crippen LogP contribution < -0.4 is 5.32 Å². The Kier molecular flexibility index (Phi) is 4.08. The SMILES string of the molecule is O=C(C1CCc2c(Cl)cc([N+](=O)[O-])cc2NC1)C(F)(F)F. The fraction of sp³-hybridized carbons (Fsp3) is 0.417. The summed E-state index contributed by atoms with van der Waals surface area (Å²) >= 11 is 5.93. The number of fused-ring (bicyclic) bond motifs is 1. The van der Waals surface area contributed by atoms with Crippen LogP contribution >= 0.6 is 11.6 Å². The third-order valence-electron chi connectivity index (χ3n) is 3.32. The van der Waals surface area contributed by atoms with E-state index in [0.717, 1.165) is 6.07 Å². The maximum absolute atomic E-state index is 12.5. The number of nitrogens with zero attached hydrogens (tertiary/aromatic N) is 1. The van der Waals surface area contributed by atoms with Gasteiger partial charge in [0.15, 0.2) is 0 Å². The van der Waals surface area contributed by atoms with Crippen LogP contribution in [-0.4, -0.2) is 23.4 Å². The molecular formula is C12H10ClF3N2O3. The van der Waals surface area contributed by atoms with Crippen LogP contribution in [0.5, 0.6) is 0 Å². The largest absolute Gasteiger partial charge is 0.450 e. The molecule has 5 nitrogen and oxygen atoms in total. The average Bonchev–Trinajstić information content (AvgIpc) is 2.59. The summed E-state index contributed by atoms with van der Waals surface area (Å²) in [7, 11) is 0. The Hall–Kier alpha value is -1.83. The number of rotatable bonds is 2. The van der Waals surface area contributed by atoms with Crippen LogP contribution in [-0.2, 0) is 11.2 Å². The van der Waals surface area contributed by atoms with Crippen molar-refractivity contribution in [3.63, 3.8) is 0 Å². The summed E-state index contributed by atoms with van der Waals surface area (Å²) in [6.07, 6.45) is -4.76. The third kappa shape index (κ3) is 3.26. The first-order chi connectivity index (χ1) is 9.70. The maximum Gasteiger partial charge on any atom is 0.450 e. The number of carbonyl (C=O) groups is 1. The van der Waals surface area contributed by atoms with Gasteiger partial charge in [-0.1, -0.05) is 11.6 Å². The molecule has 21 heavy (non-hydrogen) atoms. The van der Waals surface area contributed by atoms with Gasteiger partial charge in [0.25, 0.3) is 5.69 Å². The molecule has 1 heterocycles. The van der Waals surface area contributed by atoms with Crippen molar-refractivity contribution in [2.24, 2.45) is 5.92 Å². The van der Waals surface area contributed by atoms with Crippen molar-refractivity contribution in [2.75, 3.05) is 11.9 Å². The van der Waals surface area contributed by atoms with E-state index >= 15 is 0 Å². The van der Waals surface area contributed by atoms with E-state index in [9.17, 15) is 28.1 Å². The zero-order valence-electron chi connectivity index (χ0n) is 10.5. The lowest BCUT2D eigenvalue weighted by atomic mass is 9.96. The first kappa shape index (κ1) is 15.6. The number of benzene rings is 1. The van der Waals surface area contributed by atoms with Gasteiger partial charge >= 0.3 is 6.18 Å². The molecule has 1 atom stereocenters. The van der Waals surface area contributed by atoms with Gasteiger partial charge in [-0.15, -0.1) is 0 Å².